The van der Waals surface area contributed by atoms with Gasteiger partial charge < -0.3 is 71.2 Å². The number of imide groups is 1. The zero-order valence-electron chi connectivity index (χ0n) is 54.8. The van der Waals surface area contributed by atoms with Crippen LogP contribution in [0.25, 0.3) is 0 Å². The van der Waals surface area contributed by atoms with Gasteiger partial charge in [0.2, 0.25) is 47.3 Å². The highest BCUT2D eigenvalue weighted by Gasteiger charge is 2.44. The number of likely N-dealkylation sites (tertiary alicyclic amines) is 1. The molecule has 0 spiro atoms. The van der Waals surface area contributed by atoms with Gasteiger partial charge in [-0.15, -0.1) is 0 Å². The molecule has 2 aliphatic heterocycles. The third-order valence-corrected chi connectivity index (χ3v) is 16.7. The Labute approximate surface area is 537 Å². The van der Waals surface area contributed by atoms with E-state index in [0.29, 0.717) is 36.9 Å². The molecule has 508 valence electrons. The summed E-state index contributed by atoms with van der Waals surface area (Å²) >= 11 is 0. The molecule has 13 atom stereocenters. The Hall–Kier alpha value is -8.34. The third-order valence-electron chi connectivity index (χ3n) is 16.7. The van der Waals surface area contributed by atoms with Crippen LogP contribution >= 0.6 is 0 Å². The fourth-order valence-electron chi connectivity index (χ4n) is 11.2. The number of benzene rings is 2. The lowest BCUT2D eigenvalue weighted by atomic mass is 9.89. The van der Waals surface area contributed by atoms with Crippen molar-refractivity contribution in [3.05, 3.63) is 77.9 Å². The summed E-state index contributed by atoms with van der Waals surface area (Å²) in [6.07, 6.45) is -0.779. The van der Waals surface area contributed by atoms with Crippen LogP contribution in [0.2, 0.25) is 0 Å². The number of amides is 11. The maximum absolute atomic E-state index is 14.8. The molecular weight excluding hydrogens is 1200 g/mol. The average molecular weight is 1290 g/mol. The van der Waals surface area contributed by atoms with Gasteiger partial charge in [-0.2, -0.15) is 0 Å². The molecule has 11 amide bonds. The molecule has 0 bridgehead atoms. The quantitative estimate of drug-likeness (QED) is 0.0444. The highest BCUT2D eigenvalue weighted by atomic mass is 16.6. The number of carbonyl (C=O) groups is 12. The molecule has 1 fully saturated rings. The van der Waals surface area contributed by atoms with Gasteiger partial charge in [-0.05, 0) is 67.7 Å². The smallest absolute Gasteiger partial charge is 0.410 e. The summed E-state index contributed by atoms with van der Waals surface area (Å²) in [7, 11) is 5.98. The number of nitrogens with zero attached hydrogens (tertiary/aromatic N) is 4. The fraction of sp³-hybridized carbons (Fsp3) is 0.594. The fourth-order valence-corrected chi connectivity index (χ4v) is 11.2. The molecule has 2 aromatic carbocycles. The lowest BCUT2D eigenvalue weighted by molar-refractivity contribution is -0.148. The molecule has 0 radical (unpaired) electrons. The number of methoxy groups -OCH3 is 2. The molecule has 2 aromatic rings. The highest BCUT2D eigenvalue weighted by Crippen LogP contribution is 2.30. The molecule has 0 aromatic heterocycles. The second-order valence-corrected chi connectivity index (χ2v) is 24.1. The predicted molar refractivity (Wildman–Crippen MR) is 335 cm³/mol. The maximum atomic E-state index is 14.8. The van der Waals surface area contributed by atoms with Crippen molar-refractivity contribution >= 4 is 76.8 Å². The number of carboxylic acids is 1. The Morgan fingerprint density at radius 1 is 0.707 bits per heavy atom. The van der Waals surface area contributed by atoms with Gasteiger partial charge in [0, 0.05) is 65.7 Å². The van der Waals surface area contributed by atoms with E-state index in [2.05, 4.69) is 31.9 Å². The maximum Gasteiger partial charge on any atom is 0.410 e. The summed E-state index contributed by atoms with van der Waals surface area (Å²) in [5.74, 6) is -9.96. The number of anilines is 1. The number of nitrogens with one attached hydrogen (secondary N) is 6. The van der Waals surface area contributed by atoms with Crippen molar-refractivity contribution in [1.82, 2.24) is 46.2 Å². The zero-order valence-corrected chi connectivity index (χ0v) is 54.8. The number of hydrogen-bond donors (Lipinski definition) is 9. The Morgan fingerprint density at radius 2 is 1.34 bits per heavy atom. The topological polar surface area (TPSA) is 378 Å². The van der Waals surface area contributed by atoms with Crippen LogP contribution in [0.3, 0.4) is 0 Å². The molecule has 28 nitrogen and oxygen atoms in total. The van der Waals surface area contributed by atoms with E-state index in [0.717, 1.165) is 22.0 Å². The standard InChI is InChI=1S/C64H94N10O18/c1-14-37(6)55(47(90-12)32-51(79)73-29-18-21-46(73)57(91-13)38(7)58(83)65-39(8)56(82)42-19-16-15-17-20-42)71(10)63(88)53(35(2)3)70-62(87)54(36(4)5)72(11)64(89)92-34-41-22-24-43(25-23-41)67-60(85)44(31-52(80)81)69-59(84)40(9)66-61(86)45(33-75)68-48(76)28-30-74-49(77)26-27-50(74)78/h15-17,19-20,22-27,35-40,44-47,53-57,75,82H,14,18,21,28-34H2,1-13H3,(H,65,83)(H,66,86)(H,67,85)(H,68,76)(H,69,84)(H,70,87)(H,80,81)/t37-,38+,39+,40-,44-,45+,46-,47+,53-,54-,55-,56+,57+/m0/s1. The number of carbonyl (C=O) groups excluding carboxylic acids is 11. The minimum absolute atomic E-state index is 0.111. The van der Waals surface area contributed by atoms with E-state index in [1.165, 1.54) is 57.4 Å². The molecule has 28 heteroatoms. The van der Waals surface area contributed by atoms with Crippen molar-refractivity contribution in [2.24, 2.45) is 23.7 Å². The van der Waals surface area contributed by atoms with Crippen molar-refractivity contribution in [2.75, 3.05) is 53.3 Å². The normalized spacial score (nSPS) is 17.8. The third kappa shape index (κ3) is 21.1. The molecule has 0 saturated carbocycles. The van der Waals surface area contributed by atoms with E-state index >= 15 is 0 Å². The number of hydrogen-bond acceptors (Lipinski definition) is 17. The number of ether oxygens (including phenoxy) is 3. The molecular formula is C64H94N10O18. The first-order chi connectivity index (χ1) is 43.4. The van der Waals surface area contributed by atoms with E-state index < -0.39 is 163 Å². The molecule has 2 heterocycles. The second-order valence-electron chi connectivity index (χ2n) is 24.1. The summed E-state index contributed by atoms with van der Waals surface area (Å²) < 4.78 is 17.6. The van der Waals surface area contributed by atoms with Crippen molar-refractivity contribution < 1.29 is 87.1 Å². The van der Waals surface area contributed by atoms with Gasteiger partial charge >= 0.3 is 12.1 Å². The highest BCUT2D eigenvalue weighted by molar-refractivity contribution is 6.13. The van der Waals surface area contributed by atoms with E-state index in [9.17, 15) is 72.9 Å². The van der Waals surface area contributed by atoms with Gasteiger partial charge in [-0.25, -0.2) is 4.79 Å². The van der Waals surface area contributed by atoms with Gasteiger partial charge in [0.05, 0.1) is 61.8 Å². The minimum Gasteiger partial charge on any atom is -0.481 e. The van der Waals surface area contributed by atoms with Crippen LogP contribution in [-0.4, -0.2) is 215 Å². The number of aliphatic hydroxyl groups is 2. The number of aliphatic hydroxyl groups excluding tert-OH is 2. The van der Waals surface area contributed by atoms with Crippen molar-refractivity contribution in [1.29, 1.82) is 0 Å². The monoisotopic (exact) mass is 1290 g/mol. The summed E-state index contributed by atoms with van der Waals surface area (Å²) in [6, 6.07) is 6.27. The SMILES string of the molecule is CC[C@H](C)[C@@H]([C@@H](CC(=O)N1CCC[C@H]1[C@H](OC)[C@@H](C)C(=O)N[C@H](C)[C@@H](O)c1ccccc1)OC)N(C)C(=O)[C@@H](NC(=O)[C@H](C(C)C)N(C)C(=O)OCc1ccc(NC(=O)[C@H](CC(=O)O)NC(=O)[C@H](C)NC(=O)[C@@H](CO)NC(=O)CCN2C(=O)C=CC2=O)cc1)C(C)C. The van der Waals surface area contributed by atoms with E-state index in [1.54, 1.807) is 77.8 Å². The second kappa shape index (κ2) is 36.0. The Kier molecular flexibility index (Phi) is 29.8. The molecule has 92 heavy (non-hydrogen) atoms. The van der Waals surface area contributed by atoms with E-state index in [1.807, 2.05) is 19.9 Å². The summed E-state index contributed by atoms with van der Waals surface area (Å²) in [5, 5.41) is 45.4. The summed E-state index contributed by atoms with van der Waals surface area (Å²) in [4.78, 5) is 163. The predicted octanol–water partition coefficient (Wildman–Crippen LogP) is 1.77. The lowest BCUT2D eigenvalue weighted by Crippen LogP contribution is -2.60. The van der Waals surface area contributed by atoms with Gasteiger partial charge in [-0.1, -0.05) is 97.4 Å². The van der Waals surface area contributed by atoms with Crippen LogP contribution in [0.15, 0.2) is 66.7 Å². The average Bonchev–Trinajstić information content (AvgIpc) is 1.35. The van der Waals surface area contributed by atoms with E-state index in [4.69, 9.17) is 14.2 Å². The number of aliphatic carboxylic acids is 1. The number of likely N-dealkylation sites (N-methyl/N-ethyl adjacent to an activating group) is 2. The largest absolute Gasteiger partial charge is 0.481 e. The molecule has 0 unspecified atom stereocenters. The first kappa shape index (κ1) is 76.1. The molecule has 0 aliphatic carbocycles. The Morgan fingerprint density at radius 3 is 1.89 bits per heavy atom. The zero-order chi connectivity index (χ0) is 68.8. The first-order valence-corrected chi connectivity index (χ1v) is 30.9. The summed E-state index contributed by atoms with van der Waals surface area (Å²) in [6.45, 7) is 14.5. The lowest BCUT2D eigenvalue weighted by Gasteiger charge is -2.41. The molecule has 2 aliphatic rings. The number of rotatable bonds is 35. The van der Waals surface area contributed by atoms with Crippen molar-refractivity contribution in [3.8, 4) is 0 Å². The van der Waals surface area contributed by atoms with Crippen molar-refractivity contribution in [2.45, 2.75) is 174 Å². The Bertz CT molecular complexity index is 2910. The van der Waals surface area contributed by atoms with Crippen LogP contribution in [0.4, 0.5) is 10.5 Å². The van der Waals surface area contributed by atoms with Crippen LogP contribution in [0, 0.1) is 23.7 Å². The van der Waals surface area contributed by atoms with Crippen LogP contribution in [0.1, 0.15) is 118 Å². The van der Waals surface area contributed by atoms with Gasteiger partial charge in [-0.3, -0.25) is 62.5 Å². The van der Waals surface area contributed by atoms with Crippen LogP contribution in [0.5, 0.6) is 0 Å². The molecule has 1 saturated heterocycles. The van der Waals surface area contributed by atoms with Crippen molar-refractivity contribution in [3.63, 3.8) is 0 Å². The molecule has 4 rings (SSSR count). The number of carboxylic acid groups (broad SMARTS) is 1. The van der Waals surface area contributed by atoms with Gasteiger partial charge in [0.15, 0.2) is 0 Å². The van der Waals surface area contributed by atoms with Crippen LogP contribution < -0.4 is 31.9 Å². The van der Waals surface area contributed by atoms with Crippen LogP contribution in [-0.2, 0) is 73.6 Å². The first-order valence-electron chi connectivity index (χ1n) is 30.9. The van der Waals surface area contributed by atoms with Gasteiger partial charge in [0.1, 0.15) is 36.8 Å². The Balaban J connectivity index is 1.35. The van der Waals surface area contributed by atoms with E-state index in [-0.39, 0.29) is 43.0 Å². The minimum atomic E-state index is -1.66. The summed E-state index contributed by atoms with van der Waals surface area (Å²) in [5.41, 5.74) is 1.24. The molecule has 9 N–H and O–H groups in total. The van der Waals surface area contributed by atoms with Gasteiger partial charge in [0.25, 0.3) is 11.8 Å².